The van der Waals surface area contributed by atoms with Crippen LogP contribution in [0.2, 0.25) is 0 Å². The van der Waals surface area contributed by atoms with Gasteiger partial charge in [-0.1, -0.05) is 18.9 Å². The van der Waals surface area contributed by atoms with Crippen LogP contribution < -0.4 is 0 Å². The van der Waals surface area contributed by atoms with E-state index in [1.807, 2.05) is 0 Å². The Hall–Kier alpha value is -1.29. The first kappa shape index (κ1) is 14.3. The first-order chi connectivity index (χ1) is 10.5. The summed E-state index contributed by atoms with van der Waals surface area (Å²) in [5.41, 5.74) is 3.03. The molecule has 1 aromatic rings. The van der Waals surface area contributed by atoms with Crippen molar-refractivity contribution in [2.45, 2.75) is 58.3 Å². The second-order valence-corrected chi connectivity index (χ2v) is 8.23. The predicted molar refractivity (Wildman–Crippen MR) is 88.0 cm³/mol. The lowest BCUT2D eigenvalue weighted by Gasteiger charge is -2.53. The molecule has 0 spiro atoms. The summed E-state index contributed by atoms with van der Waals surface area (Å²) in [7, 11) is 0. The van der Waals surface area contributed by atoms with E-state index in [9.17, 15) is 4.39 Å². The Morgan fingerprint density at radius 3 is 2.77 bits per heavy atom. The van der Waals surface area contributed by atoms with E-state index in [0.717, 1.165) is 18.3 Å². The minimum Gasteiger partial charge on any atom is -0.207 e. The fraction of sp³-hybridized carbons (Fsp3) is 0.619. The molecule has 0 aliphatic heterocycles. The third-order valence-corrected chi connectivity index (χ3v) is 7.61. The maximum absolute atomic E-state index is 13.5. The van der Waals surface area contributed by atoms with Crippen molar-refractivity contribution in [3.8, 4) is 12.3 Å². The minimum atomic E-state index is -0.0846. The van der Waals surface area contributed by atoms with Gasteiger partial charge in [-0.25, -0.2) is 4.39 Å². The molecule has 3 aliphatic rings. The van der Waals surface area contributed by atoms with Crippen LogP contribution in [0.3, 0.4) is 0 Å². The minimum absolute atomic E-state index is 0.0612. The van der Waals surface area contributed by atoms with Crippen molar-refractivity contribution in [2.75, 3.05) is 0 Å². The molecule has 116 valence electrons. The van der Waals surface area contributed by atoms with Gasteiger partial charge < -0.3 is 0 Å². The number of hydrogen-bond acceptors (Lipinski definition) is 0. The van der Waals surface area contributed by atoms with Crippen LogP contribution in [0.5, 0.6) is 0 Å². The molecular formula is C21H25F. The van der Waals surface area contributed by atoms with Crippen LogP contribution in [0.25, 0.3) is 0 Å². The molecule has 0 unspecified atom stereocenters. The Morgan fingerprint density at radius 2 is 2.00 bits per heavy atom. The van der Waals surface area contributed by atoms with Gasteiger partial charge in [-0.05, 0) is 91.9 Å². The van der Waals surface area contributed by atoms with Crippen molar-refractivity contribution in [1.82, 2.24) is 0 Å². The first-order valence-electron chi connectivity index (χ1n) is 8.75. The largest absolute Gasteiger partial charge is 0.207 e. The summed E-state index contributed by atoms with van der Waals surface area (Å²) in [6.07, 6.45) is 13.1. The van der Waals surface area contributed by atoms with Crippen LogP contribution in [0.15, 0.2) is 18.2 Å². The van der Waals surface area contributed by atoms with E-state index in [2.05, 4.69) is 25.8 Å². The fourth-order valence-corrected chi connectivity index (χ4v) is 6.06. The van der Waals surface area contributed by atoms with E-state index >= 15 is 0 Å². The average Bonchev–Trinajstić information content (AvgIpc) is 2.79. The van der Waals surface area contributed by atoms with E-state index < -0.39 is 0 Å². The highest BCUT2D eigenvalue weighted by Crippen LogP contribution is 2.67. The molecule has 0 radical (unpaired) electrons. The van der Waals surface area contributed by atoms with Crippen LogP contribution in [-0.2, 0) is 6.42 Å². The van der Waals surface area contributed by atoms with Gasteiger partial charge >= 0.3 is 0 Å². The molecule has 22 heavy (non-hydrogen) atoms. The maximum Gasteiger partial charge on any atom is 0.123 e. The lowest BCUT2D eigenvalue weighted by molar-refractivity contribution is 0.00888. The summed E-state index contributed by atoms with van der Waals surface area (Å²) >= 11 is 0. The summed E-state index contributed by atoms with van der Waals surface area (Å²) < 4.78 is 13.5. The molecule has 1 aromatic carbocycles. The SMILES string of the molecule is C#C[C@]1(C)CC[C@H]2[C@@H]3CCc4cc(F)ccc4[C@H]3CC[C@@]21C. The van der Waals surface area contributed by atoms with Gasteiger partial charge in [0.1, 0.15) is 5.82 Å². The van der Waals surface area contributed by atoms with Crippen LogP contribution in [-0.4, -0.2) is 0 Å². The average molecular weight is 296 g/mol. The topological polar surface area (TPSA) is 0 Å². The molecule has 0 saturated heterocycles. The van der Waals surface area contributed by atoms with Crippen LogP contribution in [0, 0.1) is 40.8 Å². The van der Waals surface area contributed by atoms with Crippen molar-refractivity contribution in [2.24, 2.45) is 22.7 Å². The summed E-state index contributed by atoms with van der Waals surface area (Å²) in [4.78, 5) is 0. The van der Waals surface area contributed by atoms with Crippen LogP contribution >= 0.6 is 0 Å². The maximum atomic E-state index is 13.5. The summed E-state index contributed by atoms with van der Waals surface area (Å²) in [5, 5.41) is 0. The first-order valence-corrected chi connectivity index (χ1v) is 8.75. The fourth-order valence-electron chi connectivity index (χ4n) is 6.06. The molecule has 0 N–H and O–H groups in total. The molecule has 1 heteroatoms. The highest BCUT2D eigenvalue weighted by molar-refractivity contribution is 5.36. The zero-order chi connectivity index (χ0) is 15.5. The standard InChI is InChI=1S/C21H25F/c1-4-20(2)11-10-19-18-7-5-14-13-15(22)6-8-16(14)17(18)9-12-21(19,20)3/h1,6,8,13,17-19H,5,7,9-12H2,2-3H3/t17-,18-,19+,20-,21+/m1/s1. The normalized spacial score (nSPS) is 42.9. The van der Waals surface area contributed by atoms with E-state index in [-0.39, 0.29) is 11.2 Å². The van der Waals surface area contributed by atoms with Crippen molar-refractivity contribution < 1.29 is 4.39 Å². The van der Waals surface area contributed by atoms with Crippen molar-refractivity contribution >= 4 is 0 Å². The number of hydrogen-bond donors (Lipinski definition) is 0. The molecule has 4 rings (SSSR count). The molecule has 3 aliphatic carbocycles. The Morgan fingerprint density at radius 1 is 1.18 bits per heavy atom. The second kappa shape index (κ2) is 4.60. The number of aryl methyl sites for hydroxylation is 1. The highest BCUT2D eigenvalue weighted by Gasteiger charge is 2.59. The van der Waals surface area contributed by atoms with Gasteiger partial charge in [-0.2, -0.15) is 0 Å². The van der Waals surface area contributed by atoms with Gasteiger partial charge in [0.25, 0.3) is 0 Å². The van der Waals surface area contributed by atoms with Crippen molar-refractivity contribution in [3.05, 3.63) is 35.1 Å². The van der Waals surface area contributed by atoms with Gasteiger partial charge in [-0.3, -0.25) is 0 Å². The molecule has 2 saturated carbocycles. The van der Waals surface area contributed by atoms with Crippen LogP contribution in [0.4, 0.5) is 4.39 Å². The molecule has 0 bridgehead atoms. The third-order valence-electron chi connectivity index (χ3n) is 7.61. The summed E-state index contributed by atoms with van der Waals surface area (Å²) in [6, 6.07) is 5.47. The number of halogens is 1. The van der Waals surface area contributed by atoms with Crippen molar-refractivity contribution in [3.63, 3.8) is 0 Å². The van der Waals surface area contributed by atoms with Gasteiger partial charge in [0.15, 0.2) is 0 Å². The molecule has 0 heterocycles. The highest BCUT2D eigenvalue weighted by atomic mass is 19.1. The lowest BCUT2D eigenvalue weighted by Crippen LogP contribution is -2.45. The molecular weight excluding hydrogens is 271 g/mol. The summed E-state index contributed by atoms with van der Waals surface area (Å²) in [5.74, 6) is 5.18. The molecule has 0 aromatic heterocycles. The van der Waals surface area contributed by atoms with E-state index in [1.54, 1.807) is 12.1 Å². The zero-order valence-electron chi connectivity index (χ0n) is 13.7. The lowest BCUT2D eigenvalue weighted by atomic mass is 9.51. The van der Waals surface area contributed by atoms with Crippen LogP contribution in [0.1, 0.15) is 63.0 Å². The van der Waals surface area contributed by atoms with Gasteiger partial charge in [-0.15, -0.1) is 6.42 Å². The van der Waals surface area contributed by atoms with E-state index in [1.165, 1.54) is 43.2 Å². The molecule has 5 atom stereocenters. The summed E-state index contributed by atoms with van der Waals surface area (Å²) in [6.45, 7) is 4.75. The Kier molecular flexibility index (Phi) is 3.00. The number of terminal acetylenes is 1. The number of benzene rings is 1. The molecule has 0 amide bonds. The van der Waals surface area contributed by atoms with Gasteiger partial charge in [0.05, 0.1) is 0 Å². The third kappa shape index (κ3) is 1.70. The van der Waals surface area contributed by atoms with Gasteiger partial charge in [0, 0.05) is 5.41 Å². The molecule has 2 fully saturated rings. The van der Waals surface area contributed by atoms with E-state index in [4.69, 9.17) is 6.42 Å². The monoisotopic (exact) mass is 296 g/mol. The molecule has 0 nitrogen and oxygen atoms in total. The predicted octanol–water partition coefficient (Wildman–Crippen LogP) is 5.32. The zero-order valence-corrected chi connectivity index (χ0v) is 13.7. The second-order valence-electron chi connectivity index (χ2n) is 8.23. The Labute approximate surface area is 133 Å². The van der Waals surface area contributed by atoms with Gasteiger partial charge in [0.2, 0.25) is 0 Å². The Bertz CT molecular complexity index is 654. The number of rotatable bonds is 0. The van der Waals surface area contributed by atoms with Crippen molar-refractivity contribution in [1.29, 1.82) is 0 Å². The quantitative estimate of drug-likeness (QED) is 0.568. The smallest absolute Gasteiger partial charge is 0.123 e. The Balaban J connectivity index is 1.72. The number of fused-ring (bicyclic) bond motifs is 5. The van der Waals surface area contributed by atoms with E-state index in [0.29, 0.717) is 11.3 Å².